The lowest BCUT2D eigenvalue weighted by Crippen LogP contribution is -2.21. The topological polar surface area (TPSA) is 26.3 Å². The van der Waals surface area contributed by atoms with Gasteiger partial charge in [0, 0.05) is 7.11 Å². The van der Waals surface area contributed by atoms with Gasteiger partial charge in [-0.3, -0.25) is 4.79 Å². The Balaban J connectivity index is 4.02. The molecule has 14 heavy (non-hydrogen) atoms. The van der Waals surface area contributed by atoms with Crippen molar-refractivity contribution in [3.05, 3.63) is 12.2 Å². The van der Waals surface area contributed by atoms with E-state index in [1.807, 2.05) is 6.08 Å². The van der Waals surface area contributed by atoms with E-state index in [0.29, 0.717) is 5.41 Å². The van der Waals surface area contributed by atoms with Gasteiger partial charge in [0.25, 0.3) is 0 Å². The molecule has 0 aliphatic heterocycles. The number of hydrogen-bond donors (Lipinski definition) is 0. The van der Waals surface area contributed by atoms with Crippen LogP contribution in [0, 0.1) is 5.41 Å². The summed E-state index contributed by atoms with van der Waals surface area (Å²) >= 11 is 0. The summed E-state index contributed by atoms with van der Waals surface area (Å²) in [7, 11) is 1.73. The first-order valence-corrected chi connectivity index (χ1v) is 5.19. The van der Waals surface area contributed by atoms with Crippen molar-refractivity contribution in [1.82, 2.24) is 0 Å². The third kappa shape index (κ3) is 5.92. The first kappa shape index (κ1) is 13.4. The minimum absolute atomic E-state index is 0.223. The lowest BCUT2D eigenvalue weighted by atomic mass is 9.83. The number of ether oxygens (including phenoxy) is 1. The summed E-state index contributed by atoms with van der Waals surface area (Å²) in [5.41, 5.74) is 0.315. The fourth-order valence-electron chi connectivity index (χ4n) is 1.31. The van der Waals surface area contributed by atoms with Crippen molar-refractivity contribution in [3.63, 3.8) is 0 Å². The van der Waals surface area contributed by atoms with Crippen LogP contribution in [0.1, 0.15) is 40.0 Å². The molecule has 2 nitrogen and oxygen atoms in total. The molecule has 0 heterocycles. The molecule has 0 fully saturated rings. The first-order chi connectivity index (χ1) is 6.55. The lowest BCUT2D eigenvalue weighted by Gasteiger charge is -2.27. The maximum atomic E-state index is 10.1. The van der Waals surface area contributed by atoms with E-state index in [-0.39, 0.29) is 6.10 Å². The SMILES string of the molecule is CCC(C)(C)CC(CC=CC=O)OC. The summed E-state index contributed by atoms with van der Waals surface area (Å²) in [6, 6.07) is 0. The normalized spacial score (nSPS) is 14.6. The van der Waals surface area contributed by atoms with E-state index in [4.69, 9.17) is 4.74 Å². The highest BCUT2D eigenvalue weighted by Crippen LogP contribution is 2.28. The van der Waals surface area contributed by atoms with Gasteiger partial charge in [-0.15, -0.1) is 0 Å². The van der Waals surface area contributed by atoms with Crippen LogP contribution in [0.4, 0.5) is 0 Å². The summed E-state index contributed by atoms with van der Waals surface area (Å²) in [5, 5.41) is 0. The van der Waals surface area contributed by atoms with Gasteiger partial charge in [0.15, 0.2) is 0 Å². The number of allylic oxidation sites excluding steroid dienone is 1. The third-order valence-corrected chi connectivity index (χ3v) is 2.68. The van der Waals surface area contributed by atoms with Gasteiger partial charge in [0.1, 0.15) is 6.29 Å². The van der Waals surface area contributed by atoms with E-state index in [9.17, 15) is 4.79 Å². The molecule has 0 N–H and O–H groups in total. The van der Waals surface area contributed by atoms with Crippen molar-refractivity contribution in [1.29, 1.82) is 0 Å². The van der Waals surface area contributed by atoms with Crippen LogP contribution in [0.5, 0.6) is 0 Å². The van der Waals surface area contributed by atoms with Crippen molar-refractivity contribution in [2.24, 2.45) is 5.41 Å². The molecular weight excluding hydrogens is 176 g/mol. The highest BCUT2D eigenvalue weighted by molar-refractivity contribution is 5.64. The van der Waals surface area contributed by atoms with Gasteiger partial charge in [0.2, 0.25) is 0 Å². The summed E-state index contributed by atoms with van der Waals surface area (Å²) in [4.78, 5) is 10.1. The second-order valence-electron chi connectivity index (χ2n) is 4.38. The molecule has 1 atom stereocenters. The zero-order valence-electron chi connectivity index (χ0n) is 9.75. The van der Waals surface area contributed by atoms with Crippen molar-refractivity contribution in [3.8, 4) is 0 Å². The Labute approximate surface area is 87.3 Å². The highest BCUT2D eigenvalue weighted by Gasteiger charge is 2.20. The molecule has 0 radical (unpaired) electrons. The fourth-order valence-corrected chi connectivity index (χ4v) is 1.31. The highest BCUT2D eigenvalue weighted by atomic mass is 16.5. The maximum Gasteiger partial charge on any atom is 0.142 e. The molecule has 0 aromatic heterocycles. The smallest absolute Gasteiger partial charge is 0.142 e. The van der Waals surface area contributed by atoms with Crippen molar-refractivity contribution in [2.75, 3.05) is 7.11 Å². The Morgan fingerprint density at radius 3 is 2.50 bits per heavy atom. The van der Waals surface area contributed by atoms with E-state index < -0.39 is 0 Å². The molecule has 0 saturated heterocycles. The van der Waals surface area contributed by atoms with Crippen LogP contribution in [0.25, 0.3) is 0 Å². The van der Waals surface area contributed by atoms with E-state index in [1.54, 1.807) is 7.11 Å². The van der Waals surface area contributed by atoms with Gasteiger partial charge in [0.05, 0.1) is 6.10 Å². The average Bonchev–Trinajstić information content (AvgIpc) is 2.16. The van der Waals surface area contributed by atoms with E-state index in [1.165, 1.54) is 6.08 Å². The van der Waals surface area contributed by atoms with Gasteiger partial charge in [-0.05, 0) is 24.3 Å². The number of methoxy groups -OCH3 is 1. The Bertz CT molecular complexity index is 183. The molecule has 0 amide bonds. The molecule has 0 bridgehead atoms. The van der Waals surface area contributed by atoms with Crippen molar-refractivity contribution in [2.45, 2.75) is 46.1 Å². The molecule has 0 rings (SSSR count). The molecule has 1 unspecified atom stereocenters. The van der Waals surface area contributed by atoms with E-state index in [2.05, 4.69) is 20.8 Å². The Morgan fingerprint density at radius 2 is 2.07 bits per heavy atom. The molecule has 82 valence electrons. The summed E-state index contributed by atoms with van der Waals surface area (Å²) in [5.74, 6) is 0. The predicted molar refractivity (Wildman–Crippen MR) is 59.3 cm³/mol. The summed E-state index contributed by atoms with van der Waals surface area (Å²) in [6.07, 6.45) is 7.42. The molecular formula is C12H22O2. The van der Waals surface area contributed by atoms with Crippen LogP contribution in [0.15, 0.2) is 12.2 Å². The number of hydrogen-bond acceptors (Lipinski definition) is 2. The van der Waals surface area contributed by atoms with Crippen LogP contribution >= 0.6 is 0 Å². The Kier molecular flexibility index (Phi) is 6.46. The molecule has 0 spiro atoms. The van der Waals surface area contributed by atoms with Gasteiger partial charge in [-0.1, -0.05) is 33.3 Å². The second-order valence-corrected chi connectivity index (χ2v) is 4.38. The van der Waals surface area contributed by atoms with Crippen LogP contribution in [0.3, 0.4) is 0 Å². The van der Waals surface area contributed by atoms with E-state index in [0.717, 1.165) is 25.5 Å². The number of carbonyl (C=O) groups is 1. The van der Waals surface area contributed by atoms with Crippen molar-refractivity contribution >= 4 is 6.29 Å². The largest absolute Gasteiger partial charge is 0.381 e. The quantitative estimate of drug-likeness (QED) is 0.464. The standard InChI is InChI=1S/C12H22O2/c1-5-12(2,3)10-11(14-4)8-6-7-9-13/h6-7,9,11H,5,8,10H2,1-4H3. The van der Waals surface area contributed by atoms with Crippen LogP contribution in [-0.2, 0) is 9.53 Å². The minimum Gasteiger partial charge on any atom is -0.381 e. The van der Waals surface area contributed by atoms with Crippen LogP contribution in [0.2, 0.25) is 0 Å². The monoisotopic (exact) mass is 198 g/mol. The Morgan fingerprint density at radius 1 is 1.43 bits per heavy atom. The third-order valence-electron chi connectivity index (χ3n) is 2.68. The number of rotatable bonds is 7. The lowest BCUT2D eigenvalue weighted by molar-refractivity contribution is -0.104. The van der Waals surface area contributed by atoms with Gasteiger partial charge in [-0.25, -0.2) is 0 Å². The zero-order chi connectivity index (χ0) is 11.0. The number of aldehydes is 1. The van der Waals surface area contributed by atoms with E-state index >= 15 is 0 Å². The molecule has 2 heteroatoms. The second kappa shape index (κ2) is 6.77. The van der Waals surface area contributed by atoms with Crippen molar-refractivity contribution < 1.29 is 9.53 Å². The molecule has 0 aromatic carbocycles. The first-order valence-electron chi connectivity index (χ1n) is 5.19. The predicted octanol–water partition coefficient (Wildman–Crippen LogP) is 2.97. The van der Waals surface area contributed by atoms with Gasteiger partial charge >= 0.3 is 0 Å². The van der Waals surface area contributed by atoms with Crippen LogP contribution in [-0.4, -0.2) is 19.5 Å². The zero-order valence-corrected chi connectivity index (χ0v) is 9.75. The average molecular weight is 198 g/mol. The molecule has 0 aliphatic rings. The van der Waals surface area contributed by atoms with Gasteiger partial charge in [-0.2, -0.15) is 0 Å². The number of carbonyl (C=O) groups excluding carboxylic acids is 1. The maximum absolute atomic E-state index is 10.1. The van der Waals surface area contributed by atoms with Gasteiger partial charge < -0.3 is 4.74 Å². The molecule has 0 aliphatic carbocycles. The minimum atomic E-state index is 0.223. The molecule has 0 saturated carbocycles. The van der Waals surface area contributed by atoms with Crippen LogP contribution < -0.4 is 0 Å². The summed E-state index contributed by atoms with van der Waals surface area (Å²) in [6.45, 7) is 6.67. The summed E-state index contributed by atoms with van der Waals surface area (Å²) < 4.78 is 5.37. The Hall–Kier alpha value is -0.630. The fraction of sp³-hybridized carbons (Fsp3) is 0.750. The molecule has 0 aromatic rings.